The molecule has 15 heavy (non-hydrogen) atoms. The van der Waals surface area contributed by atoms with Crippen molar-refractivity contribution in [3.05, 3.63) is 12.0 Å². The molecule has 2 N–H and O–H groups in total. The standard InChI is InChI=1S/C10H16N2O3/c13-5-8-7-15-10(11-8)12-4-2-1-3-9(12)6-14/h7,9,13-14H,1-6H2. The Bertz CT molecular complexity index is 313. The fourth-order valence-electron chi connectivity index (χ4n) is 1.94. The Morgan fingerprint density at radius 2 is 2.33 bits per heavy atom. The minimum atomic E-state index is -0.110. The molecule has 1 unspecified atom stereocenters. The van der Waals surface area contributed by atoms with Crippen LogP contribution in [0.1, 0.15) is 25.0 Å². The maximum atomic E-state index is 9.23. The molecular formula is C10H16N2O3. The van der Waals surface area contributed by atoms with E-state index in [9.17, 15) is 5.11 Å². The summed E-state index contributed by atoms with van der Waals surface area (Å²) in [7, 11) is 0. The fourth-order valence-corrected chi connectivity index (χ4v) is 1.94. The van der Waals surface area contributed by atoms with Crippen molar-refractivity contribution < 1.29 is 14.6 Å². The molecule has 0 aliphatic carbocycles. The lowest BCUT2D eigenvalue weighted by Crippen LogP contribution is -2.42. The number of hydrogen-bond donors (Lipinski definition) is 2. The third-order valence-corrected chi connectivity index (χ3v) is 2.79. The first kappa shape index (κ1) is 10.4. The molecule has 1 aromatic rings. The van der Waals surface area contributed by atoms with Crippen LogP contribution >= 0.6 is 0 Å². The van der Waals surface area contributed by atoms with E-state index in [4.69, 9.17) is 9.52 Å². The molecule has 0 radical (unpaired) electrons. The van der Waals surface area contributed by atoms with E-state index >= 15 is 0 Å². The Kier molecular flexibility index (Phi) is 3.23. The number of piperidine rings is 1. The smallest absolute Gasteiger partial charge is 0.297 e. The van der Waals surface area contributed by atoms with Crippen molar-refractivity contribution in [2.75, 3.05) is 18.1 Å². The third-order valence-electron chi connectivity index (χ3n) is 2.79. The van der Waals surface area contributed by atoms with Crippen molar-refractivity contribution >= 4 is 6.01 Å². The summed E-state index contributed by atoms with van der Waals surface area (Å²) >= 11 is 0. The van der Waals surface area contributed by atoms with Gasteiger partial charge in [-0.05, 0) is 19.3 Å². The summed E-state index contributed by atoms with van der Waals surface area (Å²) in [5, 5.41) is 18.1. The Balaban J connectivity index is 2.12. The van der Waals surface area contributed by atoms with Gasteiger partial charge in [-0.3, -0.25) is 0 Å². The summed E-state index contributed by atoms with van der Waals surface area (Å²) in [6.07, 6.45) is 4.65. The average Bonchev–Trinajstić information content (AvgIpc) is 2.77. The van der Waals surface area contributed by atoms with Crippen molar-refractivity contribution in [1.29, 1.82) is 0 Å². The second kappa shape index (κ2) is 4.63. The first-order chi connectivity index (χ1) is 7.35. The lowest BCUT2D eigenvalue weighted by molar-refractivity contribution is 0.234. The Hall–Kier alpha value is -1.07. The van der Waals surface area contributed by atoms with Crippen LogP contribution in [0.15, 0.2) is 10.7 Å². The van der Waals surface area contributed by atoms with Crippen LogP contribution in [0.4, 0.5) is 6.01 Å². The molecule has 1 aliphatic heterocycles. The van der Waals surface area contributed by atoms with Gasteiger partial charge >= 0.3 is 0 Å². The molecule has 0 amide bonds. The van der Waals surface area contributed by atoms with Gasteiger partial charge in [-0.2, -0.15) is 4.98 Å². The van der Waals surface area contributed by atoms with Crippen LogP contribution in [0.2, 0.25) is 0 Å². The van der Waals surface area contributed by atoms with Gasteiger partial charge in [-0.1, -0.05) is 0 Å². The van der Waals surface area contributed by atoms with E-state index in [1.54, 1.807) is 0 Å². The molecule has 0 saturated carbocycles. The monoisotopic (exact) mass is 212 g/mol. The van der Waals surface area contributed by atoms with Gasteiger partial charge in [0.25, 0.3) is 6.01 Å². The number of anilines is 1. The highest BCUT2D eigenvalue weighted by Gasteiger charge is 2.25. The second-order valence-electron chi connectivity index (χ2n) is 3.81. The van der Waals surface area contributed by atoms with Gasteiger partial charge in [-0.25, -0.2) is 0 Å². The van der Waals surface area contributed by atoms with Gasteiger partial charge in [0, 0.05) is 6.54 Å². The number of aliphatic hydroxyl groups is 2. The lowest BCUT2D eigenvalue weighted by atomic mass is 10.0. The summed E-state index contributed by atoms with van der Waals surface area (Å²) in [5.41, 5.74) is 0.535. The van der Waals surface area contributed by atoms with Crippen molar-refractivity contribution in [3.63, 3.8) is 0 Å². The number of rotatable bonds is 3. The van der Waals surface area contributed by atoms with Gasteiger partial charge in [0.2, 0.25) is 0 Å². The Morgan fingerprint density at radius 1 is 1.47 bits per heavy atom. The first-order valence-electron chi connectivity index (χ1n) is 5.28. The predicted molar refractivity (Wildman–Crippen MR) is 54.5 cm³/mol. The minimum Gasteiger partial charge on any atom is -0.432 e. The van der Waals surface area contributed by atoms with Gasteiger partial charge in [-0.15, -0.1) is 0 Å². The van der Waals surface area contributed by atoms with Gasteiger partial charge < -0.3 is 19.5 Å². The third kappa shape index (κ3) is 2.13. The van der Waals surface area contributed by atoms with Crippen molar-refractivity contribution in [2.45, 2.75) is 31.9 Å². The molecular weight excluding hydrogens is 196 g/mol. The molecule has 1 saturated heterocycles. The van der Waals surface area contributed by atoms with Crippen LogP contribution in [-0.2, 0) is 6.61 Å². The SMILES string of the molecule is OCc1coc(N2CCCCC2CO)n1. The van der Waals surface area contributed by atoms with E-state index in [1.807, 2.05) is 4.90 Å². The molecule has 1 fully saturated rings. The predicted octanol–water partition coefficient (Wildman–Crippen LogP) is 0.518. The van der Waals surface area contributed by atoms with Crippen molar-refractivity contribution in [1.82, 2.24) is 4.98 Å². The van der Waals surface area contributed by atoms with E-state index in [0.717, 1.165) is 25.8 Å². The van der Waals surface area contributed by atoms with Crippen LogP contribution in [0.5, 0.6) is 0 Å². The Labute approximate surface area is 88.3 Å². The lowest BCUT2D eigenvalue weighted by Gasteiger charge is -2.33. The van der Waals surface area contributed by atoms with Crippen LogP contribution in [-0.4, -0.2) is 34.4 Å². The second-order valence-corrected chi connectivity index (χ2v) is 3.81. The summed E-state index contributed by atoms with van der Waals surface area (Å²) in [6.45, 7) is 0.870. The number of oxazole rings is 1. The van der Waals surface area contributed by atoms with E-state index < -0.39 is 0 Å². The number of nitrogens with zero attached hydrogens (tertiary/aromatic N) is 2. The van der Waals surface area contributed by atoms with E-state index in [0.29, 0.717) is 11.7 Å². The molecule has 1 atom stereocenters. The van der Waals surface area contributed by atoms with Gasteiger partial charge in [0.15, 0.2) is 0 Å². The first-order valence-corrected chi connectivity index (χ1v) is 5.28. The zero-order valence-corrected chi connectivity index (χ0v) is 8.59. The minimum absolute atomic E-state index is 0.101. The highest BCUT2D eigenvalue weighted by atomic mass is 16.4. The van der Waals surface area contributed by atoms with Crippen molar-refractivity contribution in [2.24, 2.45) is 0 Å². The van der Waals surface area contributed by atoms with Gasteiger partial charge in [0.1, 0.15) is 12.0 Å². The fraction of sp³-hybridized carbons (Fsp3) is 0.700. The molecule has 1 aliphatic rings. The maximum Gasteiger partial charge on any atom is 0.297 e. The summed E-state index contributed by atoms with van der Waals surface area (Å²) < 4.78 is 5.27. The zero-order valence-electron chi connectivity index (χ0n) is 8.59. The Morgan fingerprint density at radius 3 is 3.00 bits per heavy atom. The molecule has 0 bridgehead atoms. The molecule has 84 valence electrons. The topological polar surface area (TPSA) is 69.7 Å². The number of aliphatic hydroxyl groups excluding tert-OH is 2. The van der Waals surface area contributed by atoms with Crippen LogP contribution in [0, 0.1) is 0 Å². The zero-order chi connectivity index (χ0) is 10.7. The largest absolute Gasteiger partial charge is 0.432 e. The molecule has 5 nitrogen and oxygen atoms in total. The molecule has 0 spiro atoms. The quantitative estimate of drug-likeness (QED) is 0.764. The molecule has 0 aromatic carbocycles. The van der Waals surface area contributed by atoms with Crippen LogP contribution in [0.25, 0.3) is 0 Å². The van der Waals surface area contributed by atoms with E-state index in [-0.39, 0.29) is 19.3 Å². The summed E-state index contributed by atoms with van der Waals surface area (Å²) in [6, 6.07) is 0.613. The highest BCUT2D eigenvalue weighted by molar-refractivity contribution is 5.29. The number of aromatic nitrogens is 1. The maximum absolute atomic E-state index is 9.23. The molecule has 5 heteroatoms. The average molecular weight is 212 g/mol. The number of hydrogen-bond acceptors (Lipinski definition) is 5. The molecule has 2 heterocycles. The summed E-state index contributed by atoms with van der Waals surface area (Å²) in [5.74, 6) is 0. The van der Waals surface area contributed by atoms with Crippen LogP contribution in [0.3, 0.4) is 0 Å². The van der Waals surface area contributed by atoms with Crippen molar-refractivity contribution in [3.8, 4) is 0 Å². The van der Waals surface area contributed by atoms with Gasteiger partial charge in [0.05, 0.1) is 19.3 Å². The highest BCUT2D eigenvalue weighted by Crippen LogP contribution is 2.23. The molecule has 1 aromatic heterocycles. The van der Waals surface area contributed by atoms with E-state index in [2.05, 4.69) is 4.98 Å². The van der Waals surface area contributed by atoms with E-state index in [1.165, 1.54) is 6.26 Å². The van der Waals surface area contributed by atoms with Crippen LogP contribution < -0.4 is 4.90 Å². The summed E-state index contributed by atoms with van der Waals surface area (Å²) in [4.78, 5) is 6.12. The normalized spacial score (nSPS) is 22.0. The molecule has 2 rings (SSSR count).